The highest BCUT2D eigenvalue weighted by Gasteiger charge is 2.04. The molecule has 0 aliphatic rings. The molecule has 0 amide bonds. The number of nitrogens with zero attached hydrogens (tertiary/aromatic N) is 2. The molecule has 0 fully saturated rings. The number of rotatable bonds is 5. The lowest BCUT2D eigenvalue weighted by Crippen LogP contribution is -2.15. The third kappa shape index (κ3) is 3.14. The van der Waals surface area contributed by atoms with Crippen LogP contribution in [0.5, 0.6) is 5.88 Å². The largest absolute Gasteiger partial charge is 0.409 e. The van der Waals surface area contributed by atoms with E-state index in [1.165, 1.54) is 0 Å². The average Bonchev–Trinajstić information content (AvgIpc) is 2.17. The lowest BCUT2D eigenvalue weighted by molar-refractivity contribution is -0.121. The van der Waals surface area contributed by atoms with Crippen molar-refractivity contribution in [1.82, 2.24) is 9.88 Å². The van der Waals surface area contributed by atoms with Crippen LogP contribution >= 0.6 is 0 Å². The van der Waals surface area contributed by atoms with E-state index in [0.29, 0.717) is 12.4 Å². The first kappa shape index (κ1) is 10.7. The van der Waals surface area contributed by atoms with Gasteiger partial charge in [-0.05, 0) is 26.6 Å². The van der Waals surface area contributed by atoms with Crippen LogP contribution in [0, 0.1) is 0 Å². The normalized spacial score (nSPS) is 10.2. The van der Waals surface area contributed by atoms with E-state index in [-0.39, 0.29) is 0 Å². The molecule has 1 aromatic rings. The Labute approximate surface area is 83.5 Å². The second-order valence-electron chi connectivity index (χ2n) is 3.24. The summed E-state index contributed by atoms with van der Waals surface area (Å²) in [5, 5.41) is 0. The quantitative estimate of drug-likeness (QED) is 0.648. The van der Waals surface area contributed by atoms with E-state index >= 15 is 0 Å². The Hall–Kier alpha value is -1.42. The highest BCUT2D eigenvalue weighted by molar-refractivity contribution is 5.45. The van der Waals surface area contributed by atoms with Crippen LogP contribution in [0.15, 0.2) is 18.3 Å². The Morgan fingerprint density at radius 3 is 3.00 bits per heavy atom. The summed E-state index contributed by atoms with van der Waals surface area (Å²) in [6.45, 7) is 1.31. The Bertz CT molecular complexity index is 300. The van der Waals surface area contributed by atoms with Crippen molar-refractivity contribution in [3.8, 4) is 5.88 Å². The molecule has 0 spiro atoms. The van der Waals surface area contributed by atoms with Gasteiger partial charge in [-0.3, -0.25) is 4.79 Å². The van der Waals surface area contributed by atoms with E-state index in [0.717, 1.165) is 18.5 Å². The molecule has 0 N–H and O–H groups in total. The van der Waals surface area contributed by atoms with E-state index in [2.05, 4.69) is 9.88 Å². The Morgan fingerprint density at radius 2 is 2.36 bits per heavy atom. The first-order valence-corrected chi connectivity index (χ1v) is 4.43. The molecule has 0 aromatic carbocycles. The van der Waals surface area contributed by atoms with E-state index in [1.54, 1.807) is 6.20 Å². The number of hydrogen-bond acceptors (Lipinski definition) is 4. The minimum atomic E-state index is 0.404. The zero-order valence-electron chi connectivity index (χ0n) is 8.43. The molecule has 0 aliphatic carbocycles. The number of hydrogen-bond donors (Lipinski definition) is 0. The second-order valence-corrected chi connectivity index (χ2v) is 3.24. The maximum absolute atomic E-state index is 10.2. The highest BCUT2D eigenvalue weighted by atomic mass is 16.5. The molecular weight excluding hydrogens is 180 g/mol. The predicted octanol–water partition coefficient (Wildman–Crippen LogP) is 0.721. The van der Waals surface area contributed by atoms with Gasteiger partial charge in [0, 0.05) is 18.3 Å². The van der Waals surface area contributed by atoms with Crippen molar-refractivity contribution in [3.05, 3.63) is 23.9 Å². The number of carbonyl (C=O) groups excluding carboxylic acids is 1. The van der Waals surface area contributed by atoms with Crippen LogP contribution in [0.3, 0.4) is 0 Å². The number of aromatic nitrogens is 1. The van der Waals surface area contributed by atoms with E-state index in [9.17, 15) is 4.79 Å². The molecule has 4 heteroatoms. The molecule has 1 heterocycles. The van der Waals surface area contributed by atoms with Crippen LogP contribution in [0.4, 0.5) is 0 Å². The fourth-order valence-electron chi connectivity index (χ4n) is 1.11. The number of pyridine rings is 1. The Kier molecular flexibility index (Phi) is 4.07. The van der Waals surface area contributed by atoms with E-state index in [1.807, 2.05) is 26.2 Å². The van der Waals surface area contributed by atoms with Gasteiger partial charge in [0.1, 0.15) is 0 Å². The molecule has 0 bridgehead atoms. The molecule has 0 atom stereocenters. The number of likely N-dealkylation sites (N-methyl/N-ethyl adjacent to an activating group) is 1. The highest BCUT2D eigenvalue weighted by Crippen LogP contribution is 2.13. The standard InChI is InChI=1S/C10H14N2O2/c1-12(2)7-5-9-4-3-6-11-10(9)14-8-13/h3-4,6,8H,5,7H2,1-2H3. The molecule has 4 nitrogen and oxygen atoms in total. The van der Waals surface area contributed by atoms with Crippen molar-refractivity contribution in [3.63, 3.8) is 0 Å². The molecule has 0 unspecified atom stereocenters. The van der Waals surface area contributed by atoms with Crippen LogP contribution in [0.2, 0.25) is 0 Å². The van der Waals surface area contributed by atoms with Crippen molar-refractivity contribution in [2.24, 2.45) is 0 Å². The van der Waals surface area contributed by atoms with Crippen LogP contribution in [-0.4, -0.2) is 37.0 Å². The van der Waals surface area contributed by atoms with Crippen LogP contribution in [0.1, 0.15) is 5.56 Å². The summed E-state index contributed by atoms with van der Waals surface area (Å²) in [7, 11) is 3.99. The van der Waals surface area contributed by atoms with Gasteiger partial charge in [0.2, 0.25) is 5.88 Å². The molecular formula is C10H14N2O2. The molecule has 1 rings (SSSR count). The first-order valence-electron chi connectivity index (χ1n) is 4.43. The summed E-state index contributed by atoms with van der Waals surface area (Å²) in [4.78, 5) is 16.2. The van der Waals surface area contributed by atoms with Gasteiger partial charge in [-0.1, -0.05) is 6.07 Å². The summed E-state index contributed by atoms with van der Waals surface area (Å²) >= 11 is 0. The number of ether oxygens (including phenoxy) is 1. The Balaban J connectivity index is 2.68. The lowest BCUT2D eigenvalue weighted by Gasteiger charge is -2.10. The van der Waals surface area contributed by atoms with Crippen molar-refractivity contribution in [2.45, 2.75) is 6.42 Å². The summed E-state index contributed by atoms with van der Waals surface area (Å²) in [6, 6.07) is 3.75. The lowest BCUT2D eigenvalue weighted by atomic mass is 10.2. The van der Waals surface area contributed by atoms with E-state index in [4.69, 9.17) is 4.74 Å². The molecule has 0 saturated heterocycles. The summed E-state index contributed by atoms with van der Waals surface area (Å²) in [5.41, 5.74) is 0.952. The minimum absolute atomic E-state index is 0.404. The fourth-order valence-corrected chi connectivity index (χ4v) is 1.11. The molecule has 1 aromatic heterocycles. The molecule has 0 aliphatic heterocycles. The molecule has 0 radical (unpaired) electrons. The van der Waals surface area contributed by atoms with Gasteiger partial charge in [0.25, 0.3) is 6.47 Å². The molecule has 14 heavy (non-hydrogen) atoms. The fraction of sp³-hybridized carbons (Fsp3) is 0.400. The molecule has 76 valence electrons. The van der Waals surface area contributed by atoms with Crippen molar-refractivity contribution >= 4 is 6.47 Å². The third-order valence-corrected chi connectivity index (χ3v) is 1.84. The number of carbonyl (C=O) groups is 1. The van der Waals surface area contributed by atoms with Crippen LogP contribution < -0.4 is 4.74 Å². The van der Waals surface area contributed by atoms with Crippen molar-refractivity contribution < 1.29 is 9.53 Å². The zero-order chi connectivity index (χ0) is 10.4. The van der Waals surface area contributed by atoms with Gasteiger partial charge < -0.3 is 9.64 Å². The van der Waals surface area contributed by atoms with Crippen LogP contribution in [-0.2, 0) is 11.2 Å². The minimum Gasteiger partial charge on any atom is -0.409 e. The summed E-state index contributed by atoms with van der Waals surface area (Å²) in [5.74, 6) is 0.407. The van der Waals surface area contributed by atoms with Gasteiger partial charge in [-0.15, -0.1) is 0 Å². The molecule has 0 saturated carbocycles. The van der Waals surface area contributed by atoms with Crippen molar-refractivity contribution in [1.29, 1.82) is 0 Å². The first-order chi connectivity index (χ1) is 6.74. The topological polar surface area (TPSA) is 42.4 Å². The smallest absolute Gasteiger partial charge is 0.299 e. The summed E-state index contributed by atoms with van der Waals surface area (Å²) < 4.78 is 4.76. The van der Waals surface area contributed by atoms with Crippen molar-refractivity contribution in [2.75, 3.05) is 20.6 Å². The SMILES string of the molecule is CN(C)CCc1cccnc1OC=O. The predicted molar refractivity (Wildman–Crippen MR) is 53.2 cm³/mol. The summed E-state index contributed by atoms with van der Waals surface area (Å²) in [6.07, 6.45) is 2.43. The maximum Gasteiger partial charge on any atom is 0.299 e. The zero-order valence-corrected chi connectivity index (χ0v) is 8.43. The van der Waals surface area contributed by atoms with Gasteiger partial charge in [-0.2, -0.15) is 0 Å². The van der Waals surface area contributed by atoms with Gasteiger partial charge in [-0.25, -0.2) is 4.98 Å². The van der Waals surface area contributed by atoms with Gasteiger partial charge in [0.15, 0.2) is 0 Å². The third-order valence-electron chi connectivity index (χ3n) is 1.84. The second kappa shape index (κ2) is 5.34. The monoisotopic (exact) mass is 194 g/mol. The average molecular weight is 194 g/mol. The maximum atomic E-state index is 10.2. The van der Waals surface area contributed by atoms with Crippen LogP contribution in [0.25, 0.3) is 0 Å². The Morgan fingerprint density at radius 1 is 1.57 bits per heavy atom. The van der Waals surface area contributed by atoms with Gasteiger partial charge in [0.05, 0.1) is 0 Å². The van der Waals surface area contributed by atoms with Gasteiger partial charge >= 0.3 is 0 Å². The van der Waals surface area contributed by atoms with E-state index < -0.39 is 0 Å².